The molecular formula is C28H50N2O11. The molecule has 0 aromatic rings. The second kappa shape index (κ2) is 14.5. The predicted octanol–water partition coefficient (Wildman–Crippen LogP) is -1.49. The van der Waals surface area contributed by atoms with Crippen molar-refractivity contribution < 1.29 is 54.4 Å². The van der Waals surface area contributed by atoms with E-state index in [0.29, 0.717) is 0 Å². The molecule has 0 aliphatic carbocycles. The van der Waals surface area contributed by atoms with Crippen molar-refractivity contribution in [2.45, 2.75) is 127 Å². The number of carbonyl (C=O) groups excluding carboxylic acids is 1. The Morgan fingerprint density at radius 1 is 1.10 bits per heavy atom. The van der Waals surface area contributed by atoms with Gasteiger partial charge in [-0.05, 0) is 18.8 Å². The number of amides is 1. The lowest BCUT2D eigenvalue weighted by molar-refractivity contribution is -0.307. The van der Waals surface area contributed by atoms with E-state index in [1.807, 2.05) is 19.9 Å². The molecule has 3 aliphatic rings. The van der Waals surface area contributed by atoms with Gasteiger partial charge in [-0.25, -0.2) is 0 Å². The highest BCUT2D eigenvalue weighted by molar-refractivity contribution is 5.80. The molecule has 238 valence electrons. The normalized spacial score (nSPS) is 41.7. The third-order valence-corrected chi connectivity index (χ3v) is 8.07. The smallest absolute Gasteiger partial charge is 0.228 e. The fraction of sp³-hybridized carbons (Fsp3) is 0.893. The monoisotopic (exact) mass is 590 g/mol. The van der Waals surface area contributed by atoms with Gasteiger partial charge in [0, 0.05) is 19.3 Å². The first kappa shape index (κ1) is 34.3. The van der Waals surface area contributed by atoms with Crippen molar-refractivity contribution in [2.24, 2.45) is 23.5 Å². The van der Waals surface area contributed by atoms with Gasteiger partial charge < -0.3 is 60.6 Å². The second-order valence-corrected chi connectivity index (χ2v) is 12.4. The average molecular weight is 591 g/mol. The lowest BCUT2D eigenvalue weighted by Gasteiger charge is -2.46. The fourth-order valence-corrected chi connectivity index (χ4v) is 5.41. The molecule has 1 amide bonds. The number of nitrogens with one attached hydrogen (secondary N) is 1. The molecule has 0 radical (unpaired) electrons. The first-order valence-corrected chi connectivity index (χ1v) is 14.5. The molecule has 3 saturated heterocycles. The summed E-state index contributed by atoms with van der Waals surface area (Å²) in [5.74, 6) is -3.78. The van der Waals surface area contributed by atoms with E-state index in [4.69, 9.17) is 24.7 Å². The van der Waals surface area contributed by atoms with Crippen molar-refractivity contribution in [3.63, 3.8) is 0 Å². The van der Waals surface area contributed by atoms with Crippen LogP contribution >= 0.6 is 0 Å². The van der Waals surface area contributed by atoms with Crippen molar-refractivity contribution in [1.29, 1.82) is 0 Å². The highest BCUT2D eigenvalue weighted by Gasteiger charge is 2.51. The van der Waals surface area contributed by atoms with Crippen molar-refractivity contribution >= 4 is 5.91 Å². The van der Waals surface area contributed by atoms with E-state index in [9.17, 15) is 35.4 Å². The summed E-state index contributed by atoms with van der Waals surface area (Å²) in [5.41, 5.74) is 5.98. The zero-order valence-corrected chi connectivity index (χ0v) is 24.6. The van der Waals surface area contributed by atoms with E-state index < -0.39 is 84.8 Å². The molecule has 13 nitrogen and oxygen atoms in total. The van der Waals surface area contributed by atoms with Crippen LogP contribution in [0.2, 0.25) is 0 Å². The van der Waals surface area contributed by atoms with Gasteiger partial charge in [0.1, 0.15) is 6.10 Å². The van der Waals surface area contributed by atoms with E-state index in [0.717, 1.165) is 0 Å². The standard InChI is InChI=1S/C28H50N2O11/c1-13(2)6-7-16(40-27-25(35)23(29)24(34)15(5)39-27)8-21-22(26(36)30-17-11-38-12-20(17)33)19(32)10-28(37,41-21)9-18(31)14(3)4/h6-7,13-25,27,31-35,37H,8-12,29H2,1-5H3,(H,30,36)/b7-6+/t15?,16-,17+,18+,19-,20+,21-,22+,23?,24?,25?,27?,28+/m0/s1. The zero-order valence-electron chi connectivity index (χ0n) is 24.6. The van der Waals surface area contributed by atoms with Gasteiger partial charge in [0.15, 0.2) is 12.1 Å². The minimum Gasteiger partial charge on any atom is -0.393 e. The molecule has 0 bridgehead atoms. The Morgan fingerprint density at radius 2 is 1.78 bits per heavy atom. The van der Waals surface area contributed by atoms with Crippen LogP contribution < -0.4 is 11.1 Å². The first-order chi connectivity index (χ1) is 19.1. The van der Waals surface area contributed by atoms with Crippen LogP contribution in [0.3, 0.4) is 0 Å². The number of hydrogen-bond donors (Lipinski definition) is 8. The number of allylic oxidation sites excluding steroid dienone is 1. The molecule has 3 fully saturated rings. The van der Waals surface area contributed by atoms with Crippen molar-refractivity contribution in [1.82, 2.24) is 5.32 Å². The third kappa shape index (κ3) is 8.89. The number of aliphatic hydroxyl groups excluding tert-OH is 5. The molecule has 41 heavy (non-hydrogen) atoms. The number of nitrogens with two attached hydrogens (primary N) is 1. The van der Waals surface area contributed by atoms with Gasteiger partial charge in [-0.15, -0.1) is 0 Å². The molecule has 0 saturated carbocycles. The number of hydrogen-bond acceptors (Lipinski definition) is 12. The van der Waals surface area contributed by atoms with E-state index in [-0.39, 0.29) is 44.3 Å². The predicted molar refractivity (Wildman–Crippen MR) is 146 cm³/mol. The maximum Gasteiger partial charge on any atom is 0.228 e. The Balaban J connectivity index is 1.88. The fourth-order valence-electron chi connectivity index (χ4n) is 5.41. The van der Waals surface area contributed by atoms with Crippen LogP contribution in [-0.4, -0.2) is 123 Å². The minimum absolute atomic E-state index is 0.0546. The summed E-state index contributed by atoms with van der Waals surface area (Å²) in [4.78, 5) is 13.5. The quantitative estimate of drug-likeness (QED) is 0.129. The summed E-state index contributed by atoms with van der Waals surface area (Å²) < 4.78 is 23.1. The number of carbonyl (C=O) groups is 1. The molecule has 13 atom stereocenters. The maximum absolute atomic E-state index is 13.5. The Bertz CT molecular complexity index is 876. The lowest BCUT2D eigenvalue weighted by atomic mass is 9.81. The van der Waals surface area contributed by atoms with Gasteiger partial charge >= 0.3 is 0 Å². The topological polar surface area (TPSA) is 213 Å². The Morgan fingerprint density at radius 3 is 2.37 bits per heavy atom. The number of rotatable bonds is 11. The molecule has 13 heteroatoms. The molecule has 9 N–H and O–H groups in total. The van der Waals surface area contributed by atoms with Crippen LogP contribution in [0.1, 0.15) is 53.9 Å². The summed E-state index contributed by atoms with van der Waals surface area (Å²) in [7, 11) is 0. The molecule has 5 unspecified atom stereocenters. The molecular weight excluding hydrogens is 540 g/mol. The molecule has 0 aromatic heterocycles. The third-order valence-electron chi connectivity index (χ3n) is 8.07. The molecule has 3 rings (SSSR count). The van der Waals surface area contributed by atoms with Crippen molar-refractivity contribution in [2.75, 3.05) is 13.2 Å². The van der Waals surface area contributed by atoms with E-state index in [1.165, 1.54) is 0 Å². The molecule has 3 heterocycles. The Labute approximate surface area is 241 Å². The highest BCUT2D eigenvalue weighted by atomic mass is 16.7. The molecule has 0 spiro atoms. The Hall–Kier alpha value is -1.23. The molecule has 0 aromatic carbocycles. The Kier molecular flexibility index (Phi) is 12.1. The SMILES string of the molecule is CC(C)/C=C/[C@@H](C[C@@H]1O[C@](O)(C[C@@H](O)C(C)C)C[C@H](O)[C@H]1C(=O)N[C@@H]1COC[C@H]1O)OC1OC(C)C(O)C(N)C1O. The second-order valence-electron chi connectivity index (χ2n) is 12.4. The van der Waals surface area contributed by atoms with Gasteiger partial charge in [0.25, 0.3) is 0 Å². The van der Waals surface area contributed by atoms with E-state index >= 15 is 0 Å². The van der Waals surface area contributed by atoms with Crippen molar-refractivity contribution in [3.05, 3.63) is 12.2 Å². The van der Waals surface area contributed by atoms with Gasteiger partial charge in [0.2, 0.25) is 5.91 Å². The van der Waals surface area contributed by atoms with Crippen LogP contribution in [0.25, 0.3) is 0 Å². The zero-order chi connectivity index (χ0) is 30.6. The maximum atomic E-state index is 13.5. The van der Waals surface area contributed by atoms with Crippen molar-refractivity contribution in [3.8, 4) is 0 Å². The summed E-state index contributed by atoms with van der Waals surface area (Å²) in [5, 5.41) is 66.7. The number of ether oxygens (including phenoxy) is 4. The van der Waals surface area contributed by atoms with Crippen LogP contribution in [-0.2, 0) is 23.7 Å². The van der Waals surface area contributed by atoms with Crippen LogP contribution in [0, 0.1) is 17.8 Å². The van der Waals surface area contributed by atoms with Gasteiger partial charge in [-0.2, -0.15) is 0 Å². The summed E-state index contributed by atoms with van der Waals surface area (Å²) >= 11 is 0. The minimum atomic E-state index is -1.94. The van der Waals surface area contributed by atoms with Gasteiger partial charge in [0.05, 0.1) is 73.9 Å². The number of aliphatic hydroxyl groups is 6. The van der Waals surface area contributed by atoms with Crippen LogP contribution in [0.4, 0.5) is 0 Å². The van der Waals surface area contributed by atoms with Gasteiger partial charge in [-0.1, -0.05) is 39.8 Å². The molecule has 3 aliphatic heterocycles. The summed E-state index contributed by atoms with van der Waals surface area (Å²) in [6, 6.07) is -1.69. The largest absolute Gasteiger partial charge is 0.393 e. The highest BCUT2D eigenvalue weighted by Crippen LogP contribution is 2.38. The van der Waals surface area contributed by atoms with E-state index in [2.05, 4.69) is 5.32 Å². The average Bonchev–Trinajstić information content (AvgIpc) is 3.27. The van der Waals surface area contributed by atoms with Gasteiger partial charge in [-0.3, -0.25) is 4.79 Å². The summed E-state index contributed by atoms with van der Waals surface area (Å²) in [6.07, 6.45) is -6.52. The van der Waals surface area contributed by atoms with Crippen LogP contribution in [0.5, 0.6) is 0 Å². The van der Waals surface area contributed by atoms with Crippen LogP contribution in [0.15, 0.2) is 12.2 Å². The summed E-state index contributed by atoms with van der Waals surface area (Å²) in [6.45, 7) is 9.26. The lowest BCUT2D eigenvalue weighted by Crippen LogP contribution is -2.62. The first-order valence-electron chi connectivity index (χ1n) is 14.5. The van der Waals surface area contributed by atoms with E-state index in [1.54, 1.807) is 26.8 Å².